The lowest BCUT2D eigenvalue weighted by molar-refractivity contribution is -0.00342. The predicted molar refractivity (Wildman–Crippen MR) is 115 cm³/mol. The molecule has 2 N–H and O–H groups in total. The molecular formula is C23H27N5O2. The maximum Gasteiger partial charge on any atom is 0.143 e. The number of benzene rings is 1. The number of ether oxygens (including phenoxy) is 2. The first-order valence-electron chi connectivity index (χ1n) is 10.9. The number of aromatic amines is 1. The Morgan fingerprint density at radius 2 is 2.00 bits per heavy atom. The zero-order valence-electron chi connectivity index (χ0n) is 17.2. The van der Waals surface area contributed by atoms with Crippen molar-refractivity contribution in [3.63, 3.8) is 0 Å². The zero-order chi connectivity index (χ0) is 20.1. The first-order chi connectivity index (χ1) is 14.8. The molecule has 2 atom stereocenters. The van der Waals surface area contributed by atoms with Crippen LogP contribution in [-0.4, -0.2) is 58.8 Å². The summed E-state index contributed by atoms with van der Waals surface area (Å²) in [5, 5.41) is 4.86. The summed E-state index contributed by atoms with van der Waals surface area (Å²) in [5.41, 5.74) is 4.59. The van der Waals surface area contributed by atoms with Crippen molar-refractivity contribution in [1.82, 2.24) is 19.9 Å². The SMILES string of the molecule is Cc1ccc2c(c1)OCC(N1CCOCC1)C2Nc1ncnc2[nH]c(C3CC3)cc12. The molecule has 6 rings (SSSR count). The van der Waals surface area contributed by atoms with Crippen molar-refractivity contribution in [2.24, 2.45) is 0 Å². The van der Waals surface area contributed by atoms with Gasteiger partial charge >= 0.3 is 0 Å². The largest absolute Gasteiger partial charge is 0.491 e. The molecule has 1 saturated heterocycles. The molecule has 156 valence electrons. The average Bonchev–Trinajstić information content (AvgIpc) is 3.53. The molecule has 4 heterocycles. The Kier molecular flexibility index (Phi) is 4.39. The van der Waals surface area contributed by atoms with Crippen LogP contribution in [0.3, 0.4) is 0 Å². The van der Waals surface area contributed by atoms with Gasteiger partial charge in [0, 0.05) is 24.3 Å². The smallest absolute Gasteiger partial charge is 0.143 e. The number of nitrogens with zero attached hydrogens (tertiary/aromatic N) is 3. The monoisotopic (exact) mass is 405 g/mol. The third-order valence-electron chi connectivity index (χ3n) is 6.57. The number of hydrogen-bond donors (Lipinski definition) is 2. The van der Waals surface area contributed by atoms with Gasteiger partial charge < -0.3 is 19.8 Å². The Hall–Kier alpha value is -2.64. The second-order valence-electron chi connectivity index (χ2n) is 8.67. The van der Waals surface area contributed by atoms with Crippen molar-refractivity contribution >= 4 is 16.9 Å². The van der Waals surface area contributed by atoms with E-state index in [9.17, 15) is 0 Å². The number of fused-ring (bicyclic) bond motifs is 2. The van der Waals surface area contributed by atoms with E-state index >= 15 is 0 Å². The van der Waals surface area contributed by atoms with Crippen molar-refractivity contribution < 1.29 is 9.47 Å². The third-order valence-corrected chi connectivity index (χ3v) is 6.57. The normalized spacial score (nSPS) is 24.4. The lowest BCUT2D eigenvalue weighted by Crippen LogP contribution is -2.52. The Bertz CT molecular complexity index is 1070. The summed E-state index contributed by atoms with van der Waals surface area (Å²) < 4.78 is 11.8. The number of morpholine rings is 1. The molecule has 0 bridgehead atoms. The van der Waals surface area contributed by atoms with Gasteiger partial charge in [0.15, 0.2) is 0 Å². The molecule has 1 aliphatic carbocycles. The Morgan fingerprint density at radius 3 is 2.83 bits per heavy atom. The van der Waals surface area contributed by atoms with Gasteiger partial charge in [-0.3, -0.25) is 4.90 Å². The minimum atomic E-state index is 0.0878. The molecule has 30 heavy (non-hydrogen) atoms. The van der Waals surface area contributed by atoms with Gasteiger partial charge in [-0.1, -0.05) is 12.1 Å². The van der Waals surface area contributed by atoms with Crippen molar-refractivity contribution in [3.8, 4) is 5.75 Å². The highest BCUT2D eigenvalue weighted by Gasteiger charge is 2.36. The minimum Gasteiger partial charge on any atom is -0.491 e. The summed E-state index contributed by atoms with van der Waals surface area (Å²) in [6, 6.07) is 9.03. The van der Waals surface area contributed by atoms with Gasteiger partial charge in [0.1, 0.15) is 30.1 Å². The molecule has 2 aromatic heterocycles. The molecule has 3 aliphatic rings. The molecule has 0 spiro atoms. The minimum absolute atomic E-state index is 0.0878. The first-order valence-corrected chi connectivity index (χ1v) is 10.9. The van der Waals surface area contributed by atoms with Gasteiger partial charge in [0.2, 0.25) is 0 Å². The van der Waals surface area contributed by atoms with Gasteiger partial charge in [0.25, 0.3) is 0 Å². The fourth-order valence-corrected chi connectivity index (χ4v) is 4.74. The lowest BCUT2D eigenvalue weighted by Gasteiger charge is -2.42. The molecule has 0 radical (unpaired) electrons. The molecular weight excluding hydrogens is 378 g/mol. The van der Waals surface area contributed by atoms with Gasteiger partial charge in [-0.25, -0.2) is 9.97 Å². The summed E-state index contributed by atoms with van der Waals surface area (Å²) in [7, 11) is 0. The summed E-state index contributed by atoms with van der Waals surface area (Å²) in [6.07, 6.45) is 4.17. The number of rotatable bonds is 4. The second kappa shape index (κ2) is 7.25. The quantitative estimate of drug-likeness (QED) is 0.693. The number of hydrogen-bond acceptors (Lipinski definition) is 6. The van der Waals surface area contributed by atoms with Crippen LogP contribution in [0.4, 0.5) is 5.82 Å². The van der Waals surface area contributed by atoms with Crippen molar-refractivity contribution in [2.75, 3.05) is 38.2 Å². The van der Waals surface area contributed by atoms with Gasteiger partial charge in [0.05, 0.1) is 30.7 Å². The summed E-state index contributed by atoms with van der Waals surface area (Å²) in [4.78, 5) is 15.1. The van der Waals surface area contributed by atoms with E-state index in [0.717, 1.165) is 48.9 Å². The third kappa shape index (κ3) is 3.22. The van der Waals surface area contributed by atoms with E-state index in [1.165, 1.54) is 29.7 Å². The molecule has 7 heteroatoms. The van der Waals surface area contributed by atoms with Crippen molar-refractivity contribution in [2.45, 2.75) is 37.8 Å². The average molecular weight is 406 g/mol. The highest BCUT2D eigenvalue weighted by atomic mass is 16.5. The number of H-pyrrole nitrogens is 1. The number of anilines is 1. The molecule has 2 aliphatic heterocycles. The van der Waals surface area contributed by atoms with Crippen LogP contribution >= 0.6 is 0 Å². The number of nitrogens with one attached hydrogen (secondary N) is 2. The van der Waals surface area contributed by atoms with E-state index < -0.39 is 0 Å². The molecule has 0 amide bonds. The van der Waals surface area contributed by atoms with Crippen molar-refractivity contribution in [1.29, 1.82) is 0 Å². The maximum absolute atomic E-state index is 6.21. The molecule has 7 nitrogen and oxygen atoms in total. The van der Waals surface area contributed by atoms with E-state index in [1.807, 2.05) is 0 Å². The molecule has 2 fully saturated rings. The standard InChI is InChI=1S/C23H27N5O2/c1-14-2-5-16-20(10-14)30-12-19(28-6-8-29-9-7-28)21(16)27-23-17-11-18(15-3-4-15)26-22(17)24-13-25-23/h2,5,10-11,13,15,19,21H,3-4,6-9,12H2,1H3,(H2,24,25,26,27). The van der Waals surface area contributed by atoms with Crippen LogP contribution in [0, 0.1) is 6.92 Å². The maximum atomic E-state index is 6.21. The van der Waals surface area contributed by atoms with Crippen molar-refractivity contribution in [3.05, 3.63) is 47.4 Å². The van der Waals surface area contributed by atoms with E-state index in [2.05, 4.69) is 56.4 Å². The zero-order valence-corrected chi connectivity index (χ0v) is 17.2. The van der Waals surface area contributed by atoms with Crippen LogP contribution < -0.4 is 10.1 Å². The van der Waals surface area contributed by atoms with Crippen LogP contribution in [0.15, 0.2) is 30.6 Å². The van der Waals surface area contributed by atoms with E-state index in [0.29, 0.717) is 12.5 Å². The molecule has 2 unspecified atom stereocenters. The predicted octanol–water partition coefficient (Wildman–Crippen LogP) is 3.39. The van der Waals surface area contributed by atoms with E-state index in [1.54, 1.807) is 6.33 Å². The Labute approximate surface area is 175 Å². The van der Waals surface area contributed by atoms with Crippen LogP contribution in [0.25, 0.3) is 11.0 Å². The topological polar surface area (TPSA) is 75.3 Å². The summed E-state index contributed by atoms with van der Waals surface area (Å²) >= 11 is 0. The van der Waals surface area contributed by atoms with Gasteiger partial charge in [-0.15, -0.1) is 0 Å². The van der Waals surface area contributed by atoms with E-state index in [4.69, 9.17) is 9.47 Å². The second-order valence-corrected chi connectivity index (χ2v) is 8.67. The highest BCUT2D eigenvalue weighted by molar-refractivity contribution is 5.88. The number of aromatic nitrogens is 3. The fourth-order valence-electron chi connectivity index (χ4n) is 4.74. The van der Waals surface area contributed by atoms with Crippen LogP contribution in [0.2, 0.25) is 0 Å². The highest BCUT2D eigenvalue weighted by Crippen LogP contribution is 2.42. The molecule has 3 aromatic rings. The number of aryl methyl sites for hydroxylation is 1. The fraction of sp³-hybridized carbons (Fsp3) is 0.478. The van der Waals surface area contributed by atoms with E-state index in [-0.39, 0.29) is 12.1 Å². The molecule has 1 saturated carbocycles. The lowest BCUT2D eigenvalue weighted by atomic mass is 9.93. The summed E-state index contributed by atoms with van der Waals surface area (Å²) in [5.74, 6) is 2.51. The van der Waals surface area contributed by atoms with Gasteiger partial charge in [-0.2, -0.15) is 0 Å². The molecule has 1 aromatic carbocycles. The van der Waals surface area contributed by atoms with Crippen LogP contribution in [-0.2, 0) is 4.74 Å². The summed E-state index contributed by atoms with van der Waals surface area (Å²) in [6.45, 7) is 6.13. The van der Waals surface area contributed by atoms with Crippen LogP contribution in [0.5, 0.6) is 5.75 Å². The Morgan fingerprint density at radius 1 is 1.13 bits per heavy atom. The van der Waals surface area contributed by atoms with Crippen LogP contribution in [0.1, 0.15) is 41.6 Å². The Balaban J connectivity index is 1.39. The first kappa shape index (κ1) is 18.2. The van der Waals surface area contributed by atoms with Gasteiger partial charge in [-0.05, 0) is 43.4 Å².